The Bertz CT molecular complexity index is 817. The monoisotopic (exact) mass is 445 g/mol. The van der Waals surface area contributed by atoms with Crippen LogP contribution in [0.15, 0.2) is 24.3 Å². The molecule has 178 valence electrons. The van der Waals surface area contributed by atoms with Gasteiger partial charge in [0.2, 0.25) is 11.8 Å². The Kier molecular flexibility index (Phi) is 7.97. The zero-order chi connectivity index (χ0) is 24.3. The molecular weight excluding hydrogens is 406 g/mol. The van der Waals surface area contributed by atoms with Gasteiger partial charge >= 0.3 is 6.09 Å². The number of aryl methyl sites for hydroxylation is 1. The molecule has 7 nitrogen and oxygen atoms in total. The van der Waals surface area contributed by atoms with E-state index >= 15 is 0 Å². The van der Waals surface area contributed by atoms with E-state index in [4.69, 9.17) is 4.74 Å². The number of hydrogen-bond donors (Lipinski definition) is 2. The van der Waals surface area contributed by atoms with Crippen molar-refractivity contribution in [2.24, 2.45) is 0 Å². The predicted octanol–water partition coefficient (Wildman–Crippen LogP) is 4.25. The van der Waals surface area contributed by atoms with Crippen LogP contribution >= 0.6 is 0 Å². The standard InChI is InChI=1S/C25H39N3O4/c1-16-12-14-18(15-13-16)20(21(29)27-24(3,4)5)28(19-10-9-11-19)22(30)17(2)26-23(31)32-25(6,7)8/h12-15,17,19-20H,9-11H2,1-8H3,(H,26,31)(H,27,29). The molecule has 1 aliphatic rings. The molecule has 2 atom stereocenters. The number of benzene rings is 1. The minimum absolute atomic E-state index is 0.0533. The van der Waals surface area contributed by atoms with Crippen LogP contribution in [0.2, 0.25) is 0 Å². The molecule has 0 saturated heterocycles. The van der Waals surface area contributed by atoms with Crippen molar-refractivity contribution in [3.63, 3.8) is 0 Å². The van der Waals surface area contributed by atoms with E-state index in [-0.39, 0.29) is 17.9 Å². The van der Waals surface area contributed by atoms with Crippen molar-refractivity contribution in [3.8, 4) is 0 Å². The van der Waals surface area contributed by atoms with Gasteiger partial charge in [-0.05, 0) is 80.2 Å². The van der Waals surface area contributed by atoms with Crippen molar-refractivity contribution < 1.29 is 19.1 Å². The molecule has 0 aromatic heterocycles. The predicted molar refractivity (Wildman–Crippen MR) is 125 cm³/mol. The number of alkyl carbamates (subject to hydrolysis) is 1. The van der Waals surface area contributed by atoms with Gasteiger partial charge in [0.05, 0.1) is 0 Å². The molecule has 1 fully saturated rings. The van der Waals surface area contributed by atoms with E-state index in [2.05, 4.69) is 10.6 Å². The molecule has 7 heteroatoms. The average molecular weight is 446 g/mol. The maximum Gasteiger partial charge on any atom is 0.408 e. The normalized spacial score (nSPS) is 16.4. The number of carbonyl (C=O) groups is 3. The van der Waals surface area contributed by atoms with Gasteiger partial charge in [0.25, 0.3) is 0 Å². The zero-order valence-electron chi connectivity index (χ0n) is 20.7. The molecule has 2 rings (SSSR count). The Hall–Kier alpha value is -2.57. The first kappa shape index (κ1) is 25.7. The molecule has 0 radical (unpaired) electrons. The van der Waals surface area contributed by atoms with Gasteiger partial charge in [0, 0.05) is 11.6 Å². The smallest absolute Gasteiger partial charge is 0.408 e. The summed E-state index contributed by atoms with van der Waals surface area (Å²) in [5.74, 6) is -0.527. The van der Waals surface area contributed by atoms with E-state index < -0.39 is 29.3 Å². The Labute approximate surface area is 192 Å². The van der Waals surface area contributed by atoms with E-state index in [0.29, 0.717) is 0 Å². The van der Waals surface area contributed by atoms with Crippen LogP contribution in [0.1, 0.15) is 84.9 Å². The summed E-state index contributed by atoms with van der Waals surface area (Å²) in [6.07, 6.45) is 2.01. The molecule has 32 heavy (non-hydrogen) atoms. The summed E-state index contributed by atoms with van der Waals surface area (Å²) < 4.78 is 5.31. The molecule has 0 aliphatic heterocycles. The lowest BCUT2D eigenvalue weighted by Gasteiger charge is -2.44. The SMILES string of the molecule is Cc1ccc(C(C(=O)NC(C)(C)C)N(C(=O)C(C)NC(=O)OC(C)(C)C)C2CCC2)cc1. The van der Waals surface area contributed by atoms with Gasteiger partial charge < -0.3 is 20.3 Å². The molecule has 1 aromatic rings. The third kappa shape index (κ3) is 7.24. The zero-order valence-corrected chi connectivity index (χ0v) is 20.7. The van der Waals surface area contributed by atoms with Crippen molar-refractivity contribution in [3.05, 3.63) is 35.4 Å². The fraction of sp³-hybridized carbons (Fsp3) is 0.640. The van der Waals surface area contributed by atoms with Crippen molar-refractivity contribution in [2.45, 2.75) is 104 Å². The molecule has 2 unspecified atom stereocenters. The summed E-state index contributed by atoms with van der Waals surface area (Å²) >= 11 is 0. The van der Waals surface area contributed by atoms with E-state index in [1.54, 1.807) is 32.6 Å². The molecule has 0 bridgehead atoms. The molecule has 1 aromatic carbocycles. The minimum atomic E-state index is -0.833. The fourth-order valence-corrected chi connectivity index (χ4v) is 3.58. The van der Waals surface area contributed by atoms with E-state index in [1.165, 1.54) is 0 Å². The molecule has 3 amide bonds. The number of ether oxygens (including phenoxy) is 1. The largest absolute Gasteiger partial charge is 0.444 e. The highest BCUT2D eigenvalue weighted by molar-refractivity contribution is 5.92. The maximum absolute atomic E-state index is 13.6. The second kappa shape index (κ2) is 9.92. The number of nitrogens with zero attached hydrogens (tertiary/aromatic N) is 1. The third-order valence-corrected chi connectivity index (χ3v) is 5.24. The lowest BCUT2D eigenvalue weighted by molar-refractivity contribution is -0.147. The molecule has 0 spiro atoms. The highest BCUT2D eigenvalue weighted by Crippen LogP contribution is 2.34. The minimum Gasteiger partial charge on any atom is -0.444 e. The van der Waals surface area contributed by atoms with Crippen LogP contribution in [0.4, 0.5) is 4.79 Å². The summed E-state index contributed by atoms with van der Waals surface area (Å²) in [6, 6.07) is 6.01. The number of hydrogen-bond acceptors (Lipinski definition) is 4. The lowest BCUT2D eigenvalue weighted by Crippen LogP contribution is -2.58. The van der Waals surface area contributed by atoms with Crippen LogP contribution in [0.3, 0.4) is 0 Å². The van der Waals surface area contributed by atoms with Crippen LogP contribution in [0.25, 0.3) is 0 Å². The van der Waals surface area contributed by atoms with Crippen molar-refractivity contribution >= 4 is 17.9 Å². The van der Waals surface area contributed by atoms with E-state index in [0.717, 1.165) is 30.4 Å². The third-order valence-electron chi connectivity index (χ3n) is 5.24. The average Bonchev–Trinajstić information content (AvgIpc) is 2.57. The van der Waals surface area contributed by atoms with Gasteiger partial charge in [-0.15, -0.1) is 0 Å². The van der Waals surface area contributed by atoms with Gasteiger partial charge in [-0.2, -0.15) is 0 Å². The van der Waals surface area contributed by atoms with E-state index in [1.807, 2.05) is 52.0 Å². The number of rotatable bonds is 6. The van der Waals surface area contributed by atoms with Gasteiger partial charge in [-0.1, -0.05) is 29.8 Å². The number of nitrogens with one attached hydrogen (secondary N) is 2. The Morgan fingerprint density at radius 2 is 1.59 bits per heavy atom. The van der Waals surface area contributed by atoms with Crippen molar-refractivity contribution in [1.29, 1.82) is 0 Å². The fourth-order valence-electron chi connectivity index (χ4n) is 3.58. The first-order valence-electron chi connectivity index (χ1n) is 11.4. The second-order valence-corrected chi connectivity index (χ2v) is 10.8. The van der Waals surface area contributed by atoms with Gasteiger partial charge in [0.1, 0.15) is 17.7 Å². The summed E-state index contributed by atoms with van der Waals surface area (Å²) in [4.78, 5) is 41.0. The van der Waals surface area contributed by atoms with Crippen molar-refractivity contribution in [2.75, 3.05) is 0 Å². The van der Waals surface area contributed by atoms with Crippen LogP contribution in [-0.4, -0.2) is 46.0 Å². The van der Waals surface area contributed by atoms with Gasteiger partial charge in [0.15, 0.2) is 0 Å². The van der Waals surface area contributed by atoms with Crippen LogP contribution in [0, 0.1) is 6.92 Å². The van der Waals surface area contributed by atoms with Crippen LogP contribution in [0.5, 0.6) is 0 Å². The summed E-state index contributed by atoms with van der Waals surface area (Å²) in [5.41, 5.74) is 0.707. The highest BCUT2D eigenvalue weighted by Gasteiger charge is 2.41. The molecule has 0 heterocycles. The Morgan fingerprint density at radius 3 is 2.03 bits per heavy atom. The first-order chi connectivity index (χ1) is 14.7. The maximum atomic E-state index is 13.6. The van der Waals surface area contributed by atoms with E-state index in [9.17, 15) is 14.4 Å². The molecule has 1 aliphatic carbocycles. The Balaban J connectivity index is 2.37. The summed E-state index contributed by atoms with van der Waals surface area (Å²) in [5, 5.41) is 5.67. The Morgan fingerprint density at radius 1 is 1.03 bits per heavy atom. The van der Waals surface area contributed by atoms with Gasteiger partial charge in [-0.3, -0.25) is 9.59 Å². The molecular formula is C25H39N3O4. The quantitative estimate of drug-likeness (QED) is 0.685. The lowest BCUT2D eigenvalue weighted by atomic mass is 9.88. The highest BCUT2D eigenvalue weighted by atomic mass is 16.6. The van der Waals surface area contributed by atoms with Crippen LogP contribution < -0.4 is 10.6 Å². The summed E-state index contributed by atoms with van der Waals surface area (Å²) in [6.45, 7) is 14.7. The first-order valence-corrected chi connectivity index (χ1v) is 11.4. The second-order valence-electron chi connectivity index (χ2n) is 10.8. The molecule has 2 N–H and O–H groups in total. The number of amides is 3. The topological polar surface area (TPSA) is 87.7 Å². The van der Waals surface area contributed by atoms with Crippen molar-refractivity contribution in [1.82, 2.24) is 15.5 Å². The number of carbonyl (C=O) groups excluding carboxylic acids is 3. The summed E-state index contributed by atoms with van der Waals surface area (Å²) in [7, 11) is 0. The molecule has 1 saturated carbocycles. The van der Waals surface area contributed by atoms with Crippen LogP contribution in [-0.2, 0) is 14.3 Å². The van der Waals surface area contributed by atoms with Gasteiger partial charge in [-0.25, -0.2) is 4.79 Å².